The number of nitro benzene ring substituents is 1. The molecule has 0 radical (unpaired) electrons. The number of aromatic amines is 1. The fourth-order valence-corrected chi connectivity index (χ4v) is 9.96. The van der Waals surface area contributed by atoms with Crippen molar-refractivity contribution in [3.05, 3.63) is 117 Å². The zero-order chi connectivity index (χ0) is 46.1. The maximum Gasteiger partial charge on any atom is 0.416 e. The highest BCUT2D eigenvalue weighted by Crippen LogP contribution is 2.46. The lowest BCUT2D eigenvalue weighted by Gasteiger charge is -2.39. The molecule has 65 heavy (non-hydrogen) atoms. The Labute approximate surface area is 379 Å². The lowest BCUT2D eigenvalue weighted by Crippen LogP contribution is -2.47. The third-order valence-corrected chi connectivity index (χ3v) is 14.0. The minimum atomic E-state index is -4.61. The van der Waals surface area contributed by atoms with E-state index in [0.29, 0.717) is 81.6 Å². The molecular weight excluding hydrogens is 887 g/mol. The van der Waals surface area contributed by atoms with E-state index in [9.17, 15) is 36.5 Å². The van der Waals surface area contributed by atoms with Gasteiger partial charge in [0.25, 0.3) is 21.6 Å². The van der Waals surface area contributed by atoms with Gasteiger partial charge in [0.2, 0.25) is 0 Å². The third-order valence-electron chi connectivity index (χ3n) is 12.3. The second-order valence-corrected chi connectivity index (χ2v) is 19.7. The van der Waals surface area contributed by atoms with Gasteiger partial charge >= 0.3 is 6.18 Å². The number of carbonyl (C=O) groups excluding carboxylic acids is 1. The molecule has 5 aromatic rings. The molecule has 2 fully saturated rings. The molecule has 0 spiro atoms. The number of benzene rings is 3. The van der Waals surface area contributed by atoms with Gasteiger partial charge in [0.15, 0.2) is 0 Å². The lowest BCUT2D eigenvalue weighted by molar-refractivity contribution is -0.384. The summed E-state index contributed by atoms with van der Waals surface area (Å²) in [6, 6.07) is 15.4. The number of H-pyrrole nitrogens is 1. The normalized spacial score (nSPS) is 18.4. The van der Waals surface area contributed by atoms with Gasteiger partial charge in [-0.2, -0.15) is 13.2 Å². The molecule has 1 amide bonds. The molecule has 3 aromatic carbocycles. The maximum atomic E-state index is 13.9. The summed E-state index contributed by atoms with van der Waals surface area (Å²) in [7, 11) is -4.61. The van der Waals surface area contributed by atoms with Crippen LogP contribution in [0.25, 0.3) is 16.6 Å². The van der Waals surface area contributed by atoms with E-state index in [0.717, 1.165) is 60.4 Å². The highest BCUT2D eigenvalue weighted by molar-refractivity contribution is 7.90. The van der Waals surface area contributed by atoms with Crippen LogP contribution in [0, 0.1) is 21.4 Å². The molecule has 8 rings (SSSR count). The Kier molecular flexibility index (Phi) is 13.2. The number of anilines is 2. The summed E-state index contributed by atoms with van der Waals surface area (Å²) in [6.45, 7) is 9.02. The molecule has 1 atom stereocenters. The number of nitrogens with zero attached hydrogens (tertiary/aromatic N) is 4. The minimum Gasteiger partial charge on any atom is -0.455 e. The number of halogens is 4. The predicted molar refractivity (Wildman–Crippen MR) is 242 cm³/mol. The standard InChI is InChI=1S/C46H49ClF3N7O7S/c1-45(2)13-11-31(38(24-45)36-8-5-32(21-39(36)47)46(48,49)50)27-55-15-17-56(18-16-55)33-6-9-37(42(22-33)64-34-20-30-12-14-51-43(30)53-26-34)44(58)54-65(61,62)35-7-10-40(41(23-35)57(59)60)52-25-29-4-3-19-63-28-29/h5-10,12,14,20-23,26,29,52H,3-4,11,13,15-19,24-25,27-28H2,1-2H3,(H,51,53)(H,54,58)/t29-/m0/s1. The van der Waals surface area contributed by atoms with Gasteiger partial charge in [-0.05, 0) is 103 Å². The maximum absolute atomic E-state index is 13.9. The summed E-state index contributed by atoms with van der Waals surface area (Å²) < 4.78 is 81.7. The number of amides is 1. The van der Waals surface area contributed by atoms with Crippen molar-refractivity contribution in [1.29, 1.82) is 0 Å². The van der Waals surface area contributed by atoms with E-state index < -0.39 is 43.2 Å². The number of allylic oxidation sites excluding steroid dienone is 1. The van der Waals surface area contributed by atoms with Crippen molar-refractivity contribution in [2.24, 2.45) is 11.3 Å². The van der Waals surface area contributed by atoms with Gasteiger partial charge in [-0.3, -0.25) is 19.8 Å². The zero-order valence-electron chi connectivity index (χ0n) is 35.8. The van der Waals surface area contributed by atoms with E-state index in [1.165, 1.54) is 30.5 Å². The SMILES string of the molecule is CC1(C)CCC(CN2CCN(c3ccc(C(=O)NS(=O)(=O)c4ccc(NC[C@@H]5CCCOC5)c([N+](=O)[O-])c4)c(Oc4cnc5[nH]ccc5c4)c3)CC2)=C(c2ccc(C(F)(F)F)cc2Cl)C1. The smallest absolute Gasteiger partial charge is 0.416 e. The van der Waals surface area contributed by atoms with E-state index in [1.807, 2.05) is 0 Å². The van der Waals surface area contributed by atoms with E-state index in [1.54, 1.807) is 30.5 Å². The van der Waals surface area contributed by atoms with Crippen LogP contribution >= 0.6 is 11.6 Å². The number of pyridine rings is 1. The van der Waals surface area contributed by atoms with Gasteiger partial charge in [0, 0.05) is 80.3 Å². The number of aromatic nitrogens is 2. The Morgan fingerprint density at radius 2 is 1.88 bits per heavy atom. The highest BCUT2D eigenvalue weighted by Gasteiger charge is 2.34. The van der Waals surface area contributed by atoms with Gasteiger partial charge in [0.05, 0.1) is 33.7 Å². The summed E-state index contributed by atoms with van der Waals surface area (Å²) in [5, 5.41) is 16.0. The van der Waals surface area contributed by atoms with Crippen LogP contribution in [0.15, 0.2) is 89.6 Å². The number of nitro groups is 1. The van der Waals surface area contributed by atoms with Crippen LogP contribution in [0.4, 0.5) is 30.2 Å². The molecule has 0 unspecified atom stereocenters. The number of fused-ring (bicyclic) bond motifs is 1. The molecule has 2 saturated heterocycles. The highest BCUT2D eigenvalue weighted by atomic mass is 35.5. The van der Waals surface area contributed by atoms with Crippen molar-refractivity contribution in [2.45, 2.75) is 57.0 Å². The molecule has 0 saturated carbocycles. The number of carbonyl (C=O) groups is 1. The molecule has 3 aliphatic rings. The number of sulfonamides is 1. The van der Waals surface area contributed by atoms with Crippen LogP contribution in [0.1, 0.15) is 67.4 Å². The molecule has 2 aromatic heterocycles. The van der Waals surface area contributed by atoms with E-state index >= 15 is 0 Å². The van der Waals surface area contributed by atoms with Crippen molar-refractivity contribution < 1.29 is 40.8 Å². The van der Waals surface area contributed by atoms with Gasteiger partial charge in [-0.25, -0.2) is 18.1 Å². The number of ether oxygens (including phenoxy) is 2. The Morgan fingerprint density at radius 1 is 1.08 bits per heavy atom. The average molecular weight is 936 g/mol. The Hall–Kier alpha value is -5.69. The monoisotopic (exact) mass is 935 g/mol. The van der Waals surface area contributed by atoms with Crippen LogP contribution in [0.5, 0.6) is 11.5 Å². The first-order chi connectivity index (χ1) is 30.9. The van der Waals surface area contributed by atoms with Crippen molar-refractivity contribution in [3.63, 3.8) is 0 Å². The summed E-state index contributed by atoms with van der Waals surface area (Å²) in [4.78, 5) is 36.7. The molecule has 14 nitrogen and oxygen atoms in total. The van der Waals surface area contributed by atoms with Gasteiger partial charge in [0.1, 0.15) is 22.8 Å². The van der Waals surface area contributed by atoms with Crippen LogP contribution < -0.4 is 19.7 Å². The summed E-state index contributed by atoms with van der Waals surface area (Å²) in [5.41, 5.74) is 2.86. The van der Waals surface area contributed by atoms with Crippen LogP contribution in [-0.4, -0.2) is 86.6 Å². The fraction of sp³-hybridized carbons (Fsp3) is 0.391. The minimum absolute atomic E-state index is 0.0473. The van der Waals surface area contributed by atoms with Crippen LogP contribution in [0.3, 0.4) is 0 Å². The molecule has 1 aliphatic carbocycles. The fourth-order valence-electron chi connectivity index (χ4n) is 8.68. The largest absolute Gasteiger partial charge is 0.455 e. The number of alkyl halides is 3. The molecule has 2 aliphatic heterocycles. The number of nitrogens with one attached hydrogen (secondary N) is 3. The third kappa shape index (κ3) is 10.7. The van der Waals surface area contributed by atoms with E-state index in [-0.39, 0.29) is 33.4 Å². The lowest BCUT2D eigenvalue weighted by atomic mass is 9.72. The molecule has 3 N–H and O–H groups in total. The molecule has 0 bridgehead atoms. The zero-order valence-corrected chi connectivity index (χ0v) is 37.4. The second kappa shape index (κ2) is 18.7. The van der Waals surface area contributed by atoms with Crippen LogP contribution in [0.2, 0.25) is 5.02 Å². The van der Waals surface area contributed by atoms with Gasteiger partial charge in [-0.1, -0.05) is 37.1 Å². The van der Waals surface area contributed by atoms with Crippen molar-refractivity contribution in [3.8, 4) is 11.5 Å². The second-order valence-electron chi connectivity index (χ2n) is 17.6. The Morgan fingerprint density at radius 3 is 2.60 bits per heavy atom. The Bertz CT molecular complexity index is 2750. The first-order valence-electron chi connectivity index (χ1n) is 21.4. The van der Waals surface area contributed by atoms with Crippen LogP contribution in [-0.2, 0) is 20.9 Å². The van der Waals surface area contributed by atoms with Gasteiger partial charge < -0.3 is 24.7 Å². The Balaban J connectivity index is 1.01. The van der Waals surface area contributed by atoms with Gasteiger partial charge in [-0.15, -0.1) is 0 Å². The first-order valence-corrected chi connectivity index (χ1v) is 23.3. The van der Waals surface area contributed by atoms with Crippen molar-refractivity contribution in [1.82, 2.24) is 19.6 Å². The first kappa shape index (κ1) is 45.9. The van der Waals surface area contributed by atoms with Crippen molar-refractivity contribution >= 4 is 61.2 Å². The molecule has 4 heterocycles. The number of hydrogen-bond donors (Lipinski definition) is 3. The summed E-state index contributed by atoms with van der Waals surface area (Å²) in [6.07, 6.45) is 2.89. The number of hydrogen-bond acceptors (Lipinski definition) is 11. The molecular formula is C46H49ClF3N7O7S. The predicted octanol–water partition coefficient (Wildman–Crippen LogP) is 9.68. The van der Waals surface area contributed by atoms with Crippen molar-refractivity contribution in [2.75, 3.05) is 62.7 Å². The number of rotatable bonds is 13. The van der Waals surface area contributed by atoms with E-state index in [4.69, 9.17) is 21.1 Å². The average Bonchev–Trinajstić information content (AvgIpc) is 3.74. The molecule has 344 valence electrons. The topological polar surface area (TPSA) is 172 Å². The number of piperazine rings is 1. The summed E-state index contributed by atoms with van der Waals surface area (Å²) >= 11 is 6.53. The summed E-state index contributed by atoms with van der Waals surface area (Å²) in [5.74, 6) is -0.513. The quantitative estimate of drug-likeness (QED) is 0.0758. The molecule has 19 heteroatoms. The van der Waals surface area contributed by atoms with E-state index in [2.05, 4.69) is 43.7 Å².